The van der Waals surface area contributed by atoms with E-state index in [-0.39, 0.29) is 5.15 Å². The van der Waals surface area contributed by atoms with Crippen LogP contribution in [-0.2, 0) is 14.4 Å². The van der Waals surface area contributed by atoms with E-state index in [4.69, 9.17) is 11.6 Å². The van der Waals surface area contributed by atoms with Crippen LogP contribution in [0.15, 0.2) is 18.3 Å². The lowest BCUT2D eigenvalue weighted by Gasteiger charge is -2.31. The van der Waals surface area contributed by atoms with Gasteiger partial charge in [-0.25, -0.2) is 4.98 Å². The molecule has 1 aliphatic rings. The average Bonchev–Trinajstić information content (AvgIpc) is 2.49. The normalized spacial score (nSPS) is 14.8. The topological polar surface area (TPSA) is 82.6 Å². The molecule has 3 amide bonds. The largest absolute Gasteiger partial charge is 0.342 e. The molecule has 0 unspecified atom stereocenters. The third-order valence-corrected chi connectivity index (χ3v) is 3.25. The fourth-order valence-electron chi connectivity index (χ4n) is 1.83. The highest BCUT2D eigenvalue weighted by Crippen LogP contribution is 2.17. The van der Waals surface area contributed by atoms with E-state index >= 15 is 0 Å². The van der Waals surface area contributed by atoms with Gasteiger partial charge in [-0.3, -0.25) is 14.4 Å². The number of nitrogens with zero attached hydrogens (tertiary/aromatic N) is 3. The molecule has 0 atom stereocenters. The van der Waals surface area contributed by atoms with Crippen molar-refractivity contribution in [1.82, 2.24) is 14.8 Å². The minimum atomic E-state index is -0.764. The molecule has 0 aliphatic carbocycles. The molecule has 1 N–H and O–H groups in total. The molecule has 0 bridgehead atoms. The van der Waals surface area contributed by atoms with Gasteiger partial charge in [0, 0.05) is 32.4 Å². The first-order chi connectivity index (χ1) is 9.61. The van der Waals surface area contributed by atoms with Crippen molar-refractivity contribution in [3.63, 3.8) is 0 Å². The Kier molecular flexibility index (Phi) is 4.52. The molecule has 7 nitrogen and oxygen atoms in total. The molecule has 8 heteroatoms. The zero-order valence-electron chi connectivity index (χ0n) is 10.6. The summed E-state index contributed by atoms with van der Waals surface area (Å²) in [6.45, 7) is 1.53. The second-order valence-electron chi connectivity index (χ2n) is 4.23. The van der Waals surface area contributed by atoms with E-state index in [9.17, 15) is 14.4 Å². The summed E-state index contributed by atoms with van der Waals surface area (Å²) in [4.78, 5) is 41.1. The number of amides is 3. The van der Waals surface area contributed by atoms with Gasteiger partial charge in [0.25, 0.3) is 0 Å². The number of hydrogen-bond donors (Lipinski definition) is 1. The van der Waals surface area contributed by atoms with Crippen LogP contribution in [0, 0.1) is 0 Å². The maximum absolute atomic E-state index is 12.0. The van der Waals surface area contributed by atoms with E-state index in [1.165, 1.54) is 11.1 Å². The quantitative estimate of drug-likeness (QED) is 0.472. The second kappa shape index (κ2) is 6.33. The maximum atomic E-state index is 12.0. The number of carbonyl (C=O) groups is 3. The van der Waals surface area contributed by atoms with Gasteiger partial charge in [-0.15, -0.1) is 0 Å². The third-order valence-electron chi connectivity index (χ3n) is 2.95. The van der Waals surface area contributed by atoms with Crippen LogP contribution in [0.2, 0.25) is 5.15 Å². The summed E-state index contributed by atoms with van der Waals surface area (Å²) in [7, 11) is 0. The van der Waals surface area contributed by atoms with E-state index in [1.807, 2.05) is 0 Å². The molecule has 106 valence electrons. The number of pyridine rings is 1. The van der Waals surface area contributed by atoms with Crippen LogP contribution in [0.4, 0.5) is 5.69 Å². The Balaban J connectivity index is 1.94. The SMILES string of the molecule is O=CN1CCN(C(=O)C(=O)Nc2cccnc2Cl)CC1. The zero-order valence-corrected chi connectivity index (χ0v) is 11.3. The summed E-state index contributed by atoms with van der Waals surface area (Å²) in [5, 5.41) is 2.55. The van der Waals surface area contributed by atoms with Gasteiger partial charge in [0.05, 0.1) is 5.69 Å². The Morgan fingerprint density at radius 1 is 1.30 bits per heavy atom. The number of piperazine rings is 1. The third kappa shape index (κ3) is 3.24. The second-order valence-corrected chi connectivity index (χ2v) is 4.59. The first kappa shape index (κ1) is 14.3. The monoisotopic (exact) mass is 296 g/mol. The van der Waals surface area contributed by atoms with Crippen LogP contribution < -0.4 is 5.32 Å². The number of nitrogens with one attached hydrogen (secondary N) is 1. The van der Waals surface area contributed by atoms with Gasteiger partial charge in [0.2, 0.25) is 6.41 Å². The summed E-state index contributed by atoms with van der Waals surface area (Å²) in [5.74, 6) is -1.41. The summed E-state index contributed by atoms with van der Waals surface area (Å²) in [5.41, 5.74) is 0.291. The van der Waals surface area contributed by atoms with Gasteiger partial charge in [-0.05, 0) is 12.1 Å². The predicted octanol–water partition coefficient (Wildman–Crippen LogP) is -0.0259. The van der Waals surface area contributed by atoms with Crippen molar-refractivity contribution >= 4 is 35.5 Å². The van der Waals surface area contributed by atoms with Crippen LogP contribution in [0.5, 0.6) is 0 Å². The molecular weight excluding hydrogens is 284 g/mol. The average molecular weight is 297 g/mol. The zero-order chi connectivity index (χ0) is 14.5. The Labute approximate surface area is 120 Å². The molecule has 1 fully saturated rings. The minimum absolute atomic E-state index is 0.124. The lowest BCUT2D eigenvalue weighted by atomic mass is 10.3. The summed E-state index contributed by atoms with van der Waals surface area (Å²) >= 11 is 5.80. The van der Waals surface area contributed by atoms with Crippen molar-refractivity contribution in [3.8, 4) is 0 Å². The smallest absolute Gasteiger partial charge is 0.313 e. The van der Waals surface area contributed by atoms with E-state index in [0.29, 0.717) is 31.9 Å². The van der Waals surface area contributed by atoms with Crippen LogP contribution in [-0.4, -0.2) is 59.2 Å². The standard InChI is InChI=1S/C12H13ClN4O3/c13-10-9(2-1-3-14-10)15-11(19)12(20)17-6-4-16(8-18)5-7-17/h1-3,8H,4-7H2,(H,15,19). The van der Waals surface area contributed by atoms with Crippen molar-refractivity contribution in [2.75, 3.05) is 31.5 Å². The van der Waals surface area contributed by atoms with Gasteiger partial charge < -0.3 is 15.1 Å². The first-order valence-electron chi connectivity index (χ1n) is 6.02. The molecule has 2 heterocycles. The van der Waals surface area contributed by atoms with E-state index in [2.05, 4.69) is 10.3 Å². The molecule has 0 saturated carbocycles. The molecule has 0 aromatic carbocycles. The number of rotatable bonds is 2. The van der Waals surface area contributed by atoms with E-state index < -0.39 is 11.8 Å². The predicted molar refractivity (Wildman–Crippen MR) is 72.1 cm³/mol. The molecule has 1 aliphatic heterocycles. The number of anilines is 1. The highest BCUT2D eigenvalue weighted by Gasteiger charge is 2.25. The van der Waals surface area contributed by atoms with Crippen molar-refractivity contribution in [2.45, 2.75) is 0 Å². The van der Waals surface area contributed by atoms with Crippen molar-refractivity contribution in [1.29, 1.82) is 0 Å². The molecule has 20 heavy (non-hydrogen) atoms. The molecule has 0 spiro atoms. The first-order valence-corrected chi connectivity index (χ1v) is 6.39. The number of aromatic nitrogens is 1. The van der Waals surface area contributed by atoms with Crippen molar-refractivity contribution in [2.24, 2.45) is 0 Å². The van der Waals surface area contributed by atoms with Crippen molar-refractivity contribution in [3.05, 3.63) is 23.5 Å². The van der Waals surface area contributed by atoms with Crippen LogP contribution in [0.1, 0.15) is 0 Å². The van der Waals surface area contributed by atoms with E-state index in [1.54, 1.807) is 17.0 Å². The molecular formula is C12H13ClN4O3. The summed E-state index contributed by atoms with van der Waals surface area (Å²) < 4.78 is 0. The number of carbonyl (C=O) groups excluding carboxylic acids is 3. The maximum Gasteiger partial charge on any atom is 0.313 e. The highest BCUT2D eigenvalue weighted by atomic mass is 35.5. The molecule has 0 radical (unpaired) electrons. The molecule has 1 aromatic rings. The fourth-order valence-corrected chi connectivity index (χ4v) is 2.00. The Hall–Kier alpha value is -2.15. The number of hydrogen-bond acceptors (Lipinski definition) is 4. The highest BCUT2D eigenvalue weighted by molar-refractivity contribution is 6.41. The van der Waals surface area contributed by atoms with Gasteiger partial charge >= 0.3 is 11.8 Å². The Morgan fingerprint density at radius 2 is 2.00 bits per heavy atom. The molecule has 1 saturated heterocycles. The van der Waals surface area contributed by atoms with Crippen LogP contribution in [0.25, 0.3) is 0 Å². The Bertz CT molecular complexity index is 529. The summed E-state index contributed by atoms with van der Waals surface area (Å²) in [6.07, 6.45) is 2.22. The molecule has 1 aromatic heterocycles. The van der Waals surface area contributed by atoms with Crippen molar-refractivity contribution < 1.29 is 14.4 Å². The fraction of sp³-hybridized carbons (Fsp3) is 0.333. The lowest BCUT2D eigenvalue weighted by molar-refractivity contribution is -0.144. The van der Waals surface area contributed by atoms with Crippen LogP contribution >= 0.6 is 11.6 Å². The van der Waals surface area contributed by atoms with Crippen LogP contribution in [0.3, 0.4) is 0 Å². The lowest BCUT2D eigenvalue weighted by Crippen LogP contribution is -2.51. The Morgan fingerprint density at radius 3 is 2.60 bits per heavy atom. The minimum Gasteiger partial charge on any atom is -0.342 e. The van der Waals surface area contributed by atoms with Gasteiger partial charge in [0.1, 0.15) is 0 Å². The molecule has 2 rings (SSSR count). The summed E-state index contributed by atoms with van der Waals surface area (Å²) in [6, 6.07) is 3.17. The van der Waals surface area contributed by atoms with Gasteiger partial charge in [-0.1, -0.05) is 11.6 Å². The van der Waals surface area contributed by atoms with Gasteiger partial charge in [-0.2, -0.15) is 0 Å². The van der Waals surface area contributed by atoms with E-state index in [0.717, 1.165) is 6.41 Å². The van der Waals surface area contributed by atoms with Gasteiger partial charge in [0.15, 0.2) is 5.15 Å². The number of halogens is 1.